The largest absolute Gasteiger partial charge is 0.460 e. The molecule has 2 fully saturated rings. The Balaban J connectivity index is 1.23. The Morgan fingerprint density at radius 1 is 1.10 bits per heavy atom. The Hall–Kier alpha value is -3.03. The van der Waals surface area contributed by atoms with Gasteiger partial charge in [0.25, 0.3) is 0 Å². The molecule has 0 amide bonds. The summed E-state index contributed by atoms with van der Waals surface area (Å²) in [5, 5.41) is 1.09. The fourth-order valence-corrected chi connectivity index (χ4v) is 5.78. The maximum Gasteiger partial charge on any atom is 0.306 e. The SMILES string of the molecule is CC(C)(C)OC(=O)CC(CN1CCC(CCc2ccc3cccnc3n2)C1)c1cccc(N2CCOCC2)c1. The molecule has 7 heteroatoms. The molecule has 0 bridgehead atoms. The number of rotatable bonds is 9. The van der Waals surface area contributed by atoms with E-state index in [0.29, 0.717) is 12.3 Å². The molecule has 0 radical (unpaired) electrons. The number of likely N-dealkylation sites (tertiary alicyclic amines) is 1. The van der Waals surface area contributed by atoms with Crippen molar-refractivity contribution in [3.63, 3.8) is 0 Å². The zero-order valence-electron chi connectivity index (χ0n) is 23.6. The van der Waals surface area contributed by atoms with Gasteiger partial charge in [-0.15, -0.1) is 0 Å². The normalized spacial score (nSPS) is 19.4. The fourth-order valence-electron chi connectivity index (χ4n) is 5.78. The second kappa shape index (κ2) is 12.4. The van der Waals surface area contributed by atoms with E-state index in [9.17, 15) is 4.79 Å². The number of hydrogen-bond donors (Lipinski definition) is 0. The van der Waals surface area contributed by atoms with Gasteiger partial charge in [-0.3, -0.25) is 4.79 Å². The van der Waals surface area contributed by atoms with Crippen molar-refractivity contribution in [3.05, 3.63) is 66.0 Å². The highest BCUT2D eigenvalue weighted by Gasteiger charge is 2.28. The summed E-state index contributed by atoms with van der Waals surface area (Å²) in [6.45, 7) is 12.1. The molecule has 39 heavy (non-hydrogen) atoms. The number of pyridine rings is 2. The number of aryl methyl sites for hydroxylation is 1. The van der Waals surface area contributed by atoms with Crippen LogP contribution in [0, 0.1) is 5.92 Å². The smallest absolute Gasteiger partial charge is 0.306 e. The molecule has 2 aromatic heterocycles. The number of carbonyl (C=O) groups is 1. The first-order chi connectivity index (χ1) is 18.8. The topological polar surface area (TPSA) is 67.8 Å². The molecule has 5 rings (SSSR count). The van der Waals surface area contributed by atoms with Gasteiger partial charge in [0, 0.05) is 55.1 Å². The third kappa shape index (κ3) is 7.76. The van der Waals surface area contributed by atoms with E-state index in [1.807, 2.05) is 26.8 Å². The first-order valence-corrected chi connectivity index (χ1v) is 14.4. The van der Waals surface area contributed by atoms with Gasteiger partial charge in [-0.05, 0) is 94.5 Å². The van der Waals surface area contributed by atoms with E-state index < -0.39 is 5.60 Å². The van der Waals surface area contributed by atoms with Crippen LogP contribution < -0.4 is 4.90 Å². The number of ether oxygens (including phenoxy) is 2. The van der Waals surface area contributed by atoms with E-state index in [-0.39, 0.29) is 11.9 Å². The van der Waals surface area contributed by atoms with E-state index in [1.54, 1.807) is 6.20 Å². The van der Waals surface area contributed by atoms with Gasteiger partial charge >= 0.3 is 5.97 Å². The van der Waals surface area contributed by atoms with Crippen LogP contribution in [0.2, 0.25) is 0 Å². The molecule has 7 nitrogen and oxygen atoms in total. The van der Waals surface area contributed by atoms with Crippen LogP contribution in [0.1, 0.15) is 57.2 Å². The van der Waals surface area contributed by atoms with Gasteiger partial charge in [-0.25, -0.2) is 9.97 Å². The number of fused-ring (bicyclic) bond motifs is 1. The number of morpholine rings is 1. The van der Waals surface area contributed by atoms with Gasteiger partial charge in [0.05, 0.1) is 19.6 Å². The zero-order valence-corrected chi connectivity index (χ0v) is 23.6. The van der Waals surface area contributed by atoms with Crippen molar-refractivity contribution in [2.45, 2.75) is 58.0 Å². The molecule has 2 unspecified atom stereocenters. The standard InChI is InChI=1S/C32H42N4O3/c1-32(2,3)39-30(37)21-27(26-6-4-8-29(20-26)36-16-18-38-19-17-36)23-35-15-13-24(22-35)9-11-28-12-10-25-7-5-14-33-31(25)34-28/h4-8,10,12,14,20,24,27H,9,11,13,15-19,21-23H2,1-3H3. The average Bonchev–Trinajstić information content (AvgIpc) is 3.38. The van der Waals surface area contributed by atoms with E-state index in [0.717, 1.165) is 75.5 Å². The first kappa shape index (κ1) is 27.5. The molecule has 0 spiro atoms. The molecule has 2 saturated heterocycles. The quantitative estimate of drug-likeness (QED) is 0.351. The fraction of sp³-hybridized carbons (Fsp3) is 0.531. The van der Waals surface area contributed by atoms with Crippen molar-refractivity contribution >= 4 is 22.7 Å². The van der Waals surface area contributed by atoms with E-state index in [4.69, 9.17) is 14.5 Å². The van der Waals surface area contributed by atoms with Crippen LogP contribution >= 0.6 is 0 Å². The lowest BCUT2D eigenvalue weighted by atomic mass is 9.94. The minimum Gasteiger partial charge on any atom is -0.460 e. The maximum atomic E-state index is 12.9. The summed E-state index contributed by atoms with van der Waals surface area (Å²) >= 11 is 0. The van der Waals surface area contributed by atoms with Gasteiger partial charge in [0.15, 0.2) is 5.65 Å². The Morgan fingerprint density at radius 3 is 2.77 bits per heavy atom. The number of esters is 1. The lowest BCUT2D eigenvalue weighted by Crippen LogP contribution is -2.36. The molecule has 2 aliphatic heterocycles. The highest BCUT2D eigenvalue weighted by molar-refractivity contribution is 5.74. The van der Waals surface area contributed by atoms with Gasteiger partial charge < -0.3 is 19.3 Å². The van der Waals surface area contributed by atoms with Crippen LogP contribution in [-0.4, -0.2) is 72.4 Å². The Morgan fingerprint density at radius 2 is 1.95 bits per heavy atom. The average molecular weight is 531 g/mol. The van der Waals surface area contributed by atoms with Crippen molar-refractivity contribution in [1.82, 2.24) is 14.9 Å². The number of anilines is 1. The summed E-state index contributed by atoms with van der Waals surface area (Å²) in [5.41, 5.74) is 3.88. The highest BCUT2D eigenvalue weighted by Crippen LogP contribution is 2.30. The monoisotopic (exact) mass is 530 g/mol. The van der Waals surface area contributed by atoms with Crippen molar-refractivity contribution in [2.24, 2.45) is 5.92 Å². The number of hydrogen-bond acceptors (Lipinski definition) is 7. The van der Waals surface area contributed by atoms with Crippen molar-refractivity contribution < 1.29 is 14.3 Å². The predicted molar refractivity (Wildman–Crippen MR) is 155 cm³/mol. The summed E-state index contributed by atoms with van der Waals surface area (Å²) in [4.78, 5) is 27.0. The number of aromatic nitrogens is 2. The molecular formula is C32H42N4O3. The van der Waals surface area contributed by atoms with Crippen LogP contribution in [0.25, 0.3) is 11.0 Å². The third-order valence-electron chi connectivity index (χ3n) is 7.73. The van der Waals surface area contributed by atoms with Crippen LogP contribution in [0.5, 0.6) is 0 Å². The first-order valence-electron chi connectivity index (χ1n) is 14.4. The number of carbonyl (C=O) groups excluding carboxylic acids is 1. The number of nitrogens with zero attached hydrogens (tertiary/aromatic N) is 4. The molecule has 0 saturated carbocycles. The second-order valence-corrected chi connectivity index (χ2v) is 12.0. The third-order valence-corrected chi connectivity index (χ3v) is 7.73. The lowest BCUT2D eigenvalue weighted by molar-refractivity contribution is -0.155. The Kier molecular flexibility index (Phi) is 8.78. The molecule has 3 aromatic rings. The summed E-state index contributed by atoms with van der Waals surface area (Å²) in [7, 11) is 0. The van der Waals surface area contributed by atoms with Gasteiger partial charge in [0.1, 0.15) is 5.60 Å². The number of benzene rings is 1. The molecule has 2 atom stereocenters. The second-order valence-electron chi connectivity index (χ2n) is 12.0. The minimum atomic E-state index is -0.484. The predicted octanol–water partition coefficient (Wildman–Crippen LogP) is 5.24. The van der Waals surface area contributed by atoms with E-state index >= 15 is 0 Å². The summed E-state index contributed by atoms with van der Waals surface area (Å²) in [6, 6.07) is 17.0. The van der Waals surface area contributed by atoms with E-state index in [2.05, 4.69) is 57.2 Å². The molecule has 2 aliphatic rings. The van der Waals surface area contributed by atoms with Crippen LogP contribution in [0.4, 0.5) is 5.69 Å². The molecule has 1 aromatic carbocycles. The molecule has 4 heterocycles. The zero-order chi connectivity index (χ0) is 27.2. The maximum absolute atomic E-state index is 12.9. The van der Waals surface area contributed by atoms with Gasteiger partial charge in [0.2, 0.25) is 0 Å². The van der Waals surface area contributed by atoms with Crippen LogP contribution in [-0.2, 0) is 20.7 Å². The van der Waals surface area contributed by atoms with Crippen molar-refractivity contribution in [2.75, 3.05) is 50.8 Å². The van der Waals surface area contributed by atoms with Crippen LogP contribution in [0.3, 0.4) is 0 Å². The van der Waals surface area contributed by atoms with Gasteiger partial charge in [-0.2, -0.15) is 0 Å². The molecular weight excluding hydrogens is 488 g/mol. The van der Waals surface area contributed by atoms with Crippen molar-refractivity contribution in [1.29, 1.82) is 0 Å². The molecule has 0 N–H and O–H groups in total. The molecule has 208 valence electrons. The Bertz CT molecular complexity index is 1250. The van der Waals surface area contributed by atoms with E-state index in [1.165, 1.54) is 17.7 Å². The molecule has 0 aliphatic carbocycles. The summed E-state index contributed by atoms with van der Waals surface area (Å²) < 4.78 is 11.3. The lowest BCUT2D eigenvalue weighted by Gasteiger charge is -2.30. The van der Waals surface area contributed by atoms with Crippen molar-refractivity contribution in [3.8, 4) is 0 Å². The summed E-state index contributed by atoms with van der Waals surface area (Å²) in [5.74, 6) is 0.594. The summed E-state index contributed by atoms with van der Waals surface area (Å²) in [6.07, 6.45) is 5.45. The van der Waals surface area contributed by atoms with Crippen LogP contribution in [0.15, 0.2) is 54.7 Å². The minimum absolute atomic E-state index is 0.0906. The Labute approximate surface area is 232 Å². The highest BCUT2D eigenvalue weighted by atomic mass is 16.6. The van der Waals surface area contributed by atoms with Gasteiger partial charge in [-0.1, -0.05) is 12.1 Å².